The third-order valence-electron chi connectivity index (χ3n) is 5.62. The maximum absolute atomic E-state index is 13.0. The highest BCUT2D eigenvalue weighted by Gasteiger charge is 2.20. The van der Waals surface area contributed by atoms with E-state index in [1.54, 1.807) is 10.8 Å². The van der Waals surface area contributed by atoms with E-state index in [1.165, 1.54) is 20.5 Å². The lowest BCUT2D eigenvalue weighted by Crippen LogP contribution is -2.49. The van der Waals surface area contributed by atoms with Gasteiger partial charge in [-0.3, -0.25) is 23.6 Å². The zero-order valence-corrected chi connectivity index (χ0v) is 18.4. The molecule has 4 rings (SSSR count). The first-order chi connectivity index (χ1) is 15.0. The quantitative estimate of drug-likeness (QED) is 0.579. The SMILES string of the molecule is O=C(O)CCn1c(=O)n(CCN2CCN(c3ccccc3Cl)CC2)c(=O)c2cscc21. The van der Waals surface area contributed by atoms with Crippen molar-refractivity contribution in [3.63, 3.8) is 0 Å². The summed E-state index contributed by atoms with van der Waals surface area (Å²) < 4.78 is 2.63. The number of halogens is 1. The number of thiophene rings is 1. The molecule has 0 bridgehead atoms. The minimum absolute atomic E-state index is 0.0399. The van der Waals surface area contributed by atoms with E-state index in [-0.39, 0.29) is 25.1 Å². The van der Waals surface area contributed by atoms with Gasteiger partial charge in [0, 0.05) is 56.6 Å². The van der Waals surface area contributed by atoms with E-state index in [0.29, 0.717) is 17.4 Å². The first-order valence-electron chi connectivity index (χ1n) is 10.1. The molecule has 1 aliphatic rings. The standard InChI is InChI=1S/C21H23ClN4O4S/c22-16-3-1-2-4-17(16)24-10-7-23(8-11-24)9-12-26-20(29)15-13-31-14-18(15)25(21(26)30)6-5-19(27)28/h1-4,13-14H,5-12H2,(H,27,28). The largest absolute Gasteiger partial charge is 0.481 e. The van der Waals surface area contributed by atoms with Gasteiger partial charge in [0.15, 0.2) is 0 Å². The number of benzene rings is 1. The molecule has 0 aliphatic carbocycles. The number of fused-ring (bicyclic) bond motifs is 1. The lowest BCUT2D eigenvalue weighted by Gasteiger charge is -2.36. The Morgan fingerprint density at radius 3 is 2.45 bits per heavy atom. The Labute approximate surface area is 187 Å². The van der Waals surface area contributed by atoms with Gasteiger partial charge in [-0.25, -0.2) is 4.79 Å². The first-order valence-corrected chi connectivity index (χ1v) is 11.4. The van der Waals surface area contributed by atoms with Gasteiger partial charge in [0.2, 0.25) is 0 Å². The fraction of sp³-hybridized carbons (Fsp3) is 0.381. The number of hydrogen-bond donors (Lipinski definition) is 1. The third-order valence-corrected chi connectivity index (χ3v) is 6.67. The molecule has 31 heavy (non-hydrogen) atoms. The van der Waals surface area contributed by atoms with Crippen LogP contribution in [0.2, 0.25) is 5.02 Å². The second kappa shape index (κ2) is 9.25. The highest BCUT2D eigenvalue weighted by atomic mass is 35.5. The molecule has 2 aromatic heterocycles. The van der Waals surface area contributed by atoms with Gasteiger partial charge in [-0.1, -0.05) is 23.7 Å². The lowest BCUT2D eigenvalue weighted by atomic mass is 10.2. The highest BCUT2D eigenvalue weighted by molar-refractivity contribution is 7.09. The van der Waals surface area contributed by atoms with Gasteiger partial charge < -0.3 is 10.0 Å². The van der Waals surface area contributed by atoms with Crippen LogP contribution in [-0.4, -0.2) is 57.8 Å². The number of rotatable bonds is 7. The van der Waals surface area contributed by atoms with E-state index >= 15 is 0 Å². The van der Waals surface area contributed by atoms with Crippen LogP contribution in [0.15, 0.2) is 44.6 Å². The Bertz CT molecular complexity index is 1210. The van der Waals surface area contributed by atoms with Gasteiger partial charge in [-0.15, -0.1) is 11.3 Å². The molecule has 1 aromatic carbocycles. The minimum atomic E-state index is -0.982. The second-order valence-corrected chi connectivity index (χ2v) is 8.64. The number of aromatic nitrogens is 2. The van der Waals surface area contributed by atoms with Gasteiger partial charge >= 0.3 is 11.7 Å². The van der Waals surface area contributed by atoms with Gasteiger partial charge in [0.05, 0.1) is 28.0 Å². The molecule has 3 heterocycles. The summed E-state index contributed by atoms with van der Waals surface area (Å²) in [6.07, 6.45) is -0.174. The number of carboxylic acids is 1. The van der Waals surface area contributed by atoms with Crippen molar-refractivity contribution in [2.75, 3.05) is 37.6 Å². The molecule has 164 valence electrons. The maximum Gasteiger partial charge on any atom is 0.331 e. The maximum atomic E-state index is 13.0. The summed E-state index contributed by atoms with van der Waals surface area (Å²) in [4.78, 5) is 41.3. The number of nitrogens with zero attached hydrogens (tertiary/aromatic N) is 4. The number of aryl methyl sites for hydroxylation is 1. The van der Waals surface area contributed by atoms with Crippen molar-refractivity contribution in [1.82, 2.24) is 14.0 Å². The number of carbonyl (C=O) groups is 1. The summed E-state index contributed by atoms with van der Waals surface area (Å²) in [6.45, 7) is 4.10. The number of piperazine rings is 1. The monoisotopic (exact) mass is 462 g/mol. The van der Waals surface area contributed by atoms with Gasteiger partial charge in [-0.2, -0.15) is 0 Å². The normalized spacial score (nSPS) is 14.9. The Kier molecular flexibility index (Phi) is 6.45. The first kappa shape index (κ1) is 21.6. The summed E-state index contributed by atoms with van der Waals surface area (Å²) in [7, 11) is 0. The topological polar surface area (TPSA) is 87.8 Å². The summed E-state index contributed by atoms with van der Waals surface area (Å²) in [5.41, 5.74) is 0.754. The molecular weight excluding hydrogens is 440 g/mol. The van der Waals surface area contributed by atoms with Gasteiger partial charge in [0.25, 0.3) is 5.56 Å². The molecule has 0 radical (unpaired) electrons. The van der Waals surface area contributed by atoms with Gasteiger partial charge in [0.1, 0.15) is 0 Å². The van der Waals surface area contributed by atoms with Crippen LogP contribution in [0, 0.1) is 0 Å². The molecule has 3 aromatic rings. The van der Waals surface area contributed by atoms with Crippen LogP contribution < -0.4 is 16.1 Å². The Morgan fingerprint density at radius 1 is 1.00 bits per heavy atom. The summed E-state index contributed by atoms with van der Waals surface area (Å²) in [5, 5.41) is 13.6. The molecule has 1 aliphatic heterocycles. The number of anilines is 1. The Hall–Kier alpha value is -2.62. The van der Waals surface area contributed by atoms with Crippen molar-refractivity contribution in [1.29, 1.82) is 0 Å². The summed E-state index contributed by atoms with van der Waals surface area (Å²) >= 11 is 7.63. The second-order valence-electron chi connectivity index (χ2n) is 7.49. The molecule has 0 saturated carbocycles. The van der Waals surface area contributed by atoms with Crippen LogP contribution in [0.25, 0.3) is 10.9 Å². The molecule has 0 unspecified atom stereocenters. The van der Waals surface area contributed by atoms with Crippen LogP contribution in [-0.2, 0) is 17.9 Å². The highest BCUT2D eigenvalue weighted by Crippen LogP contribution is 2.26. The summed E-state index contributed by atoms with van der Waals surface area (Å²) in [5.74, 6) is -0.982. The molecule has 1 N–H and O–H groups in total. The molecule has 8 nitrogen and oxygen atoms in total. The van der Waals surface area contributed by atoms with Crippen molar-refractivity contribution in [3.8, 4) is 0 Å². The van der Waals surface area contributed by atoms with Crippen LogP contribution in [0.3, 0.4) is 0 Å². The Balaban J connectivity index is 1.47. The van der Waals surface area contributed by atoms with Crippen LogP contribution in [0.5, 0.6) is 0 Å². The van der Waals surface area contributed by atoms with Crippen LogP contribution in [0.4, 0.5) is 5.69 Å². The van der Waals surface area contributed by atoms with Gasteiger partial charge in [-0.05, 0) is 12.1 Å². The molecule has 0 spiro atoms. The zero-order valence-electron chi connectivity index (χ0n) is 16.9. The van der Waals surface area contributed by atoms with E-state index in [2.05, 4.69) is 9.80 Å². The molecular formula is C21H23ClN4O4S. The van der Waals surface area contributed by atoms with Crippen molar-refractivity contribution in [3.05, 3.63) is 60.9 Å². The molecule has 10 heteroatoms. The van der Waals surface area contributed by atoms with Crippen LogP contribution in [0.1, 0.15) is 6.42 Å². The van der Waals surface area contributed by atoms with E-state index in [0.717, 1.165) is 36.9 Å². The van der Waals surface area contributed by atoms with Crippen molar-refractivity contribution in [2.24, 2.45) is 0 Å². The molecule has 1 fully saturated rings. The lowest BCUT2D eigenvalue weighted by molar-refractivity contribution is -0.137. The third kappa shape index (κ3) is 4.53. The number of carboxylic acid groups (broad SMARTS) is 1. The number of para-hydroxylation sites is 1. The predicted octanol–water partition coefficient (Wildman–Crippen LogP) is 2.18. The molecule has 0 atom stereocenters. The van der Waals surface area contributed by atoms with Crippen LogP contribution >= 0.6 is 22.9 Å². The average molecular weight is 463 g/mol. The number of hydrogen-bond acceptors (Lipinski definition) is 6. The smallest absolute Gasteiger partial charge is 0.331 e. The summed E-state index contributed by atoms with van der Waals surface area (Å²) in [6, 6.07) is 7.77. The zero-order chi connectivity index (χ0) is 22.0. The van der Waals surface area contributed by atoms with E-state index in [1.807, 2.05) is 24.3 Å². The fourth-order valence-electron chi connectivity index (χ4n) is 3.92. The fourth-order valence-corrected chi connectivity index (χ4v) is 4.99. The minimum Gasteiger partial charge on any atom is -0.481 e. The van der Waals surface area contributed by atoms with E-state index < -0.39 is 11.7 Å². The Morgan fingerprint density at radius 2 is 1.74 bits per heavy atom. The number of aliphatic carboxylic acids is 1. The van der Waals surface area contributed by atoms with Crippen molar-refractivity contribution < 1.29 is 9.90 Å². The van der Waals surface area contributed by atoms with E-state index in [4.69, 9.17) is 16.7 Å². The molecule has 1 saturated heterocycles. The average Bonchev–Trinajstić information content (AvgIpc) is 3.24. The van der Waals surface area contributed by atoms with Crippen molar-refractivity contribution in [2.45, 2.75) is 19.5 Å². The van der Waals surface area contributed by atoms with Crippen molar-refractivity contribution >= 4 is 45.5 Å². The predicted molar refractivity (Wildman–Crippen MR) is 123 cm³/mol. The van der Waals surface area contributed by atoms with E-state index in [9.17, 15) is 14.4 Å². The molecule has 0 amide bonds.